The van der Waals surface area contributed by atoms with Crippen LogP contribution in [0.2, 0.25) is 5.02 Å². The molecule has 1 fully saturated rings. The van der Waals surface area contributed by atoms with Crippen molar-refractivity contribution in [1.82, 2.24) is 20.5 Å². The van der Waals surface area contributed by atoms with Gasteiger partial charge in [-0.05, 0) is 44.4 Å². The number of amides is 1. The number of fused-ring (bicyclic) bond motifs is 1. The first kappa shape index (κ1) is 29.1. The van der Waals surface area contributed by atoms with Crippen molar-refractivity contribution in [2.24, 2.45) is 0 Å². The number of rotatable bonds is 5. The normalized spacial score (nSPS) is 13.0. The molecule has 3 aromatic rings. The average Bonchev–Trinajstić information content (AvgIpc) is 2.88. The number of benzene rings is 2. The topological polar surface area (TPSA) is 108 Å². The van der Waals surface area contributed by atoms with Crippen molar-refractivity contribution in [2.45, 2.75) is 6.54 Å². The van der Waals surface area contributed by atoms with Crippen molar-refractivity contribution in [2.75, 3.05) is 58.1 Å². The lowest BCUT2D eigenvalue weighted by Gasteiger charge is -2.37. The Labute approximate surface area is 221 Å². The lowest BCUT2D eigenvalue weighted by molar-refractivity contribution is 0.0747. The quantitative estimate of drug-likeness (QED) is 0.498. The minimum Gasteiger partial charge on any atom is -0.366 e. The number of pyridine rings is 1. The number of aromatic nitrogens is 1. The molecule has 2 aromatic carbocycles. The van der Waals surface area contributed by atoms with Crippen molar-refractivity contribution >= 4 is 45.7 Å². The predicted octanol–water partition coefficient (Wildman–Crippen LogP) is 4.07. The fraction of sp³-hybridized carbons (Fsp3) is 0.346. The molecule has 1 aliphatic heterocycles. The number of hydrogen-bond donors (Lipinski definition) is 1. The summed E-state index contributed by atoms with van der Waals surface area (Å²) >= 11 is 10.6. The lowest BCUT2D eigenvalue weighted by Crippen LogP contribution is -2.49. The number of anilines is 1. The number of likely N-dealkylation sites (N-methyl/N-ethyl adjacent to an activating group) is 1. The molecule has 0 spiro atoms. The summed E-state index contributed by atoms with van der Waals surface area (Å²) in [6, 6.07) is 16.8. The van der Waals surface area contributed by atoms with E-state index in [1.807, 2.05) is 43.3 Å². The van der Waals surface area contributed by atoms with E-state index in [1.165, 1.54) is 6.38 Å². The molecule has 36 heavy (non-hydrogen) atoms. The van der Waals surface area contributed by atoms with E-state index in [-0.39, 0.29) is 23.2 Å². The highest BCUT2D eigenvalue weighted by Gasteiger charge is 2.27. The molecule has 0 radical (unpaired) electrons. The lowest BCUT2D eigenvalue weighted by atomic mass is 10.1. The van der Waals surface area contributed by atoms with Gasteiger partial charge >= 0.3 is 0 Å². The molecule has 3 N–H and O–H groups in total. The molecule has 0 aliphatic carbocycles. The van der Waals surface area contributed by atoms with Crippen LogP contribution in [0.1, 0.15) is 15.9 Å². The molecule has 1 aliphatic rings. The summed E-state index contributed by atoms with van der Waals surface area (Å²) in [5, 5.41) is 11.4. The summed E-state index contributed by atoms with van der Waals surface area (Å²) in [5.41, 5.74) is 1.97. The first-order valence-corrected chi connectivity index (χ1v) is 12.4. The van der Waals surface area contributed by atoms with E-state index >= 15 is 0 Å². The maximum absolute atomic E-state index is 13.3. The zero-order valence-corrected chi connectivity index (χ0v) is 22.4. The van der Waals surface area contributed by atoms with Gasteiger partial charge in [-0.3, -0.25) is 9.59 Å². The number of carbonyl (C=O) groups is 1. The summed E-state index contributed by atoms with van der Waals surface area (Å²) < 4.78 is 1.69. The van der Waals surface area contributed by atoms with Gasteiger partial charge in [0.2, 0.25) is 0 Å². The van der Waals surface area contributed by atoms with Crippen LogP contribution in [0.3, 0.4) is 0 Å². The highest BCUT2D eigenvalue weighted by atomic mass is 35.5. The number of nitrogens with zero attached hydrogens (tertiary/aromatic N) is 5. The van der Waals surface area contributed by atoms with E-state index in [1.54, 1.807) is 33.7 Å². The SMILES string of the molecule is CCl.CN(C)CCn1c(=O)c(C#N)c(N2CCN(C(=O)c3ccc(Cl)cc3)CC2)c2ccccc21.N. The fourth-order valence-corrected chi connectivity index (χ4v) is 4.37. The third kappa shape index (κ3) is 6.18. The van der Waals surface area contributed by atoms with Crippen LogP contribution < -0.4 is 16.6 Å². The molecule has 2 heterocycles. The fourth-order valence-electron chi connectivity index (χ4n) is 4.25. The monoisotopic (exact) mass is 530 g/mol. The third-order valence-corrected chi connectivity index (χ3v) is 6.25. The maximum Gasteiger partial charge on any atom is 0.271 e. The molecule has 1 amide bonds. The van der Waals surface area contributed by atoms with E-state index in [9.17, 15) is 14.9 Å². The molecule has 4 rings (SSSR count). The molecule has 8 nitrogen and oxygen atoms in total. The van der Waals surface area contributed by atoms with Gasteiger partial charge in [-0.15, -0.1) is 11.6 Å². The second kappa shape index (κ2) is 13.3. The number of carbonyl (C=O) groups excluding carboxylic acids is 1. The van der Waals surface area contributed by atoms with Crippen LogP contribution in [0.25, 0.3) is 10.9 Å². The molecule has 192 valence electrons. The Kier molecular flexibility index (Phi) is 10.8. The van der Waals surface area contributed by atoms with Crippen LogP contribution in [0, 0.1) is 11.3 Å². The molecule has 1 aromatic heterocycles. The van der Waals surface area contributed by atoms with Crippen molar-refractivity contribution in [3.63, 3.8) is 0 Å². The minimum absolute atomic E-state index is 0. The van der Waals surface area contributed by atoms with Gasteiger partial charge in [0, 0.05) is 61.6 Å². The molecule has 1 saturated heterocycles. The number of nitriles is 1. The van der Waals surface area contributed by atoms with E-state index < -0.39 is 0 Å². The van der Waals surface area contributed by atoms with Gasteiger partial charge in [-0.25, -0.2) is 0 Å². The first-order chi connectivity index (χ1) is 16.9. The zero-order chi connectivity index (χ0) is 25.5. The maximum atomic E-state index is 13.3. The Morgan fingerprint density at radius 1 is 1.03 bits per heavy atom. The van der Waals surface area contributed by atoms with Gasteiger partial charge in [0.1, 0.15) is 11.6 Å². The minimum atomic E-state index is -0.271. The Bertz CT molecular complexity index is 1280. The molecule has 0 atom stereocenters. The smallest absolute Gasteiger partial charge is 0.271 e. The van der Waals surface area contributed by atoms with Crippen molar-refractivity contribution < 1.29 is 4.79 Å². The third-order valence-electron chi connectivity index (χ3n) is 6.00. The average molecular weight is 531 g/mol. The molecular formula is C26H32Cl2N6O2. The summed E-state index contributed by atoms with van der Waals surface area (Å²) in [6.45, 7) is 3.29. The van der Waals surface area contributed by atoms with Crippen molar-refractivity contribution in [3.05, 3.63) is 75.0 Å². The number of hydrogen-bond acceptors (Lipinski definition) is 6. The van der Waals surface area contributed by atoms with E-state index in [0.717, 1.165) is 10.9 Å². The first-order valence-electron chi connectivity index (χ1n) is 11.3. The van der Waals surface area contributed by atoms with Gasteiger partial charge < -0.3 is 25.4 Å². The predicted molar refractivity (Wildman–Crippen MR) is 148 cm³/mol. The van der Waals surface area contributed by atoms with Crippen LogP contribution in [0.4, 0.5) is 5.69 Å². The Hall–Kier alpha value is -3.09. The largest absolute Gasteiger partial charge is 0.366 e. The molecule has 10 heteroatoms. The molecule has 0 bridgehead atoms. The molecule has 0 unspecified atom stereocenters. The highest BCUT2D eigenvalue weighted by Crippen LogP contribution is 2.30. The van der Waals surface area contributed by atoms with Crippen molar-refractivity contribution in [1.29, 1.82) is 5.26 Å². The van der Waals surface area contributed by atoms with Gasteiger partial charge in [0.05, 0.1) is 11.2 Å². The summed E-state index contributed by atoms with van der Waals surface area (Å²) in [7, 11) is 3.91. The zero-order valence-electron chi connectivity index (χ0n) is 20.9. The second-order valence-electron chi connectivity index (χ2n) is 8.40. The standard InChI is InChI=1S/C25H26ClN5O2.CH3Cl.H3N/c1-28(2)11-16-31-22-6-4-3-5-20(22)23(21(17-27)25(31)33)29-12-14-30(15-13-29)24(32)18-7-9-19(26)10-8-18;1-2;/h3-10H,11-16H2,1-2H3;1H3;1H3. The van der Waals surface area contributed by atoms with Gasteiger partial charge in [0.15, 0.2) is 0 Å². The molecular weight excluding hydrogens is 499 g/mol. The Morgan fingerprint density at radius 3 is 2.22 bits per heavy atom. The van der Waals surface area contributed by atoms with Crippen LogP contribution in [-0.4, -0.2) is 73.5 Å². The van der Waals surface area contributed by atoms with Crippen LogP contribution in [0.15, 0.2) is 53.3 Å². The van der Waals surface area contributed by atoms with E-state index in [4.69, 9.17) is 11.6 Å². The van der Waals surface area contributed by atoms with E-state index in [0.29, 0.717) is 55.5 Å². The Balaban J connectivity index is 0.00000148. The van der Waals surface area contributed by atoms with E-state index in [2.05, 4.69) is 22.6 Å². The molecule has 0 saturated carbocycles. The van der Waals surface area contributed by atoms with Crippen molar-refractivity contribution in [3.8, 4) is 6.07 Å². The number of halogens is 2. The highest BCUT2D eigenvalue weighted by molar-refractivity contribution is 6.30. The van der Waals surface area contributed by atoms with Crippen LogP contribution in [0.5, 0.6) is 0 Å². The summed E-state index contributed by atoms with van der Waals surface area (Å²) in [4.78, 5) is 32.0. The van der Waals surface area contributed by atoms with Gasteiger partial charge in [-0.1, -0.05) is 29.8 Å². The van der Waals surface area contributed by atoms with Crippen LogP contribution >= 0.6 is 23.2 Å². The second-order valence-corrected chi connectivity index (χ2v) is 8.84. The summed E-state index contributed by atoms with van der Waals surface area (Å²) in [5.74, 6) is -0.0456. The summed E-state index contributed by atoms with van der Waals surface area (Å²) in [6.07, 6.45) is 1.47. The number of piperazine rings is 1. The van der Waals surface area contributed by atoms with Gasteiger partial charge in [-0.2, -0.15) is 5.26 Å². The van der Waals surface area contributed by atoms with Crippen LogP contribution in [-0.2, 0) is 6.54 Å². The number of alkyl halides is 1. The Morgan fingerprint density at radius 2 is 1.64 bits per heavy atom. The van der Waals surface area contributed by atoms with Gasteiger partial charge in [0.25, 0.3) is 11.5 Å². The number of para-hydroxylation sites is 1.